The van der Waals surface area contributed by atoms with E-state index in [-0.39, 0.29) is 22.3 Å². The monoisotopic (exact) mass is 494 g/mol. The van der Waals surface area contributed by atoms with Crippen molar-refractivity contribution in [2.24, 2.45) is 23.2 Å². The fourth-order valence-electron chi connectivity index (χ4n) is 7.05. The molecular formula is C23H31BrN2O3S. The summed E-state index contributed by atoms with van der Waals surface area (Å²) < 4.78 is 28.1. The van der Waals surface area contributed by atoms with Crippen molar-refractivity contribution in [2.45, 2.75) is 69.2 Å². The van der Waals surface area contributed by atoms with Crippen LogP contribution in [0.3, 0.4) is 0 Å². The summed E-state index contributed by atoms with van der Waals surface area (Å²) in [6, 6.07) is 4.92. The Bertz CT molecular complexity index is 920. The molecule has 0 spiro atoms. The van der Waals surface area contributed by atoms with Gasteiger partial charge in [0.05, 0.1) is 10.5 Å². The highest BCUT2D eigenvalue weighted by Gasteiger charge is 2.53. The zero-order chi connectivity index (χ0) is 21.1. The maximum atomic E-state index is 13.2. The van der Waals surface area contributed by atoms with Gasteiger partial charge in [-0.05, 0) is 116 Å². The SMILES string of the molecule is CC(NC(=O)c1cc(S(=O)(=O)N2CCCC2)ccc1Br)C12CC3CC(CC(C3)C1)C2. The molecule has 6 rings (SSSR count). The first-order chi connectivity index (χ1) is 14.3. The minimum absolute atomic E-state index is 0.101. The van der Waals surface area contributed by atoms with Gasteiger partial charge in [-0.15, -0.1) is 0 Å². The molecule has 1 atom stereocenters. The van der Waals surface area contributed by atoms with Crippen molar-refractivity contribution in [3.05, 3.63) is 28.2 Å². The maximum Gasteiger partial charge on any atom is 0.252 e. The first-order valence-corrected chi connectivity index (χ1v) is 13.6. The lowest BCUT2D eigenvalue weighted by molar-refractivity contribution is -0.0688. The van der Waals surface area contributed by atoms with Gasteiger partial charge in [0.15, 0.2) is 0 Å². The van der Waals surface area contributed by atoms with Gasteiger partial charge in [-0.1, -0.05) is 0 Å². The predicted molar refractivity (Wildman–Crippen MR) is 120 cm³/mol. The standard InChI is InChI=1S/C23H31BrN2O3S/c1-15(23-12-16-8-17(13-23)10-18(9-16)14-23)25-22(27)20-11-19(4-5-21(20)24)30(28,29)26-6-2-3-7-26/h4-5,11,15-18H,2-3,6-10,12-14H2,1H3,(H,25,27). The van der Waals surface area contributed by atoms with E-state index in [4.69, 9.17) is 0 Å². The van der Waals surface area contributed by atoms with Crippen molar-refractivity contribution in [1.29, 1.82) is 0 Å². The fourth-order valence-corrected chi connectivity index (χ4v) is 9.02. The number of amides is 1. The second-order valence-electron chi connectivity index (χ2n) is 10.2. The van der Waals surface area contributed by atoms with Crippen LogP contribution in [0.25, 0.3) is 0 Å². The van der Waals surface area contributed by atoms with Crippen LogP contribution < -0.4 is 5.32 Å². The molecule has 1 aliphatic heterocycles. The van der Waals surface area contributed by atoms with E-state index >= 15 is 0 Å². The summed E-state index contributed by atoms with van der Waals surface area (Å²) in [6.45, 7) is 3.27. The summed E-state index contributed by atoms with van der Waals surface area (Å²) in [4.78, 5) is 13.4. The molecule has 1 saturated heterocycles. The molecule has 1 amide bonds. The van der Waals surface area contributed by atoms with Gasteiger partial charge in [0, 0.05) is 23.6 Å². The Morgan fingerprint density at radius 1 is 1.10 bits per heavy atom. The van der Waals surface area contributed by atoms with Gasteiger partial charge in [-0.2, -0.15) is 4.31 Å². The Balaban J connectivity index is 1.36. The minimum atomic E-state index is -3.54. The molecule has 164 valence electrons. The Hall–Kier alpha value is -0.920. The molecule has 5 aliphatic rings. The lowest BCUT2D eigenvalue weighted by Crippen LogP contribution is -2.55. The van der Waals surface area contributed by atoms with Crippen LogP contribution >= 0.6 is 15.9 Å². The van der Waals surface area contributed by atoms with Crippen molar-refractivity contribution in [3.8, 4) is 0 Å². The molecule has 4 saturated carbocycles. The van der Waals surface area contributed by atoms with E-state index in [1.807, 2.05) is 0 Å². The van der Waals surface area contributed by atoms with Gasteiger partial charge < -0.3 is 5.32 Å². The van der Waals surface area contributed by atoms with Crippen LogP contribution in [0.15, 0.2) is 27.6 Å². The molecule has 1 aromatic rings. The van der Waals surface area contributed by atoms with Gasteiger partial charge in [-0.25, -0.2) is 8.42 Å². The smallest absolute Gasteiger partial charge is 0.252 e. The van der Waals surface area contributed by atoms with E-state index in [0.717, 1.165) is 30.6 Å². The van der Waals surface area contributed by atoms with Crippen LogP contribution in [0.2, 0.25) is 0 Å². The summed E-state index contributed by atoms with van der Waals surface area (Å²) in [5, 5.41) is 3.26. The van der Waals surface area contributed by atoms with Crippen LogP contribution in [0.1, 0.15) is 68.6 Å². The average molecular weight is 495 g/mol. The Labute approximate surface area is 188 Å². The van der Waals surface area contributed by atoms with Gasteiger partial charge >= 0.3 is 0 Å². The lowest BCUT2D eigenvalue weighted by atomic mass is 9.48. The third-order valence-electron chi connectivity index (χ3n) is 8.24. The van der Waals surface area contributed by atoms with Crippen molar-refractivity contribution < 1.29 is 13.2 Å². The molecule has 30 heavy (non-hydrogen) atoms. The number of nitrogens with one attached hydrogen (secondary N) is 1. The molecule has 1 N–H and O–H groups in total. The summed E-state index contributed by atoms with van der Waals surface area (Å²) in [6.07, 6.45) is 9.60. The molecule has 0 radical (unpaired) electrons. The number of carbonyl (C=O) groups is 1. The predicted octanol–water partition coefficient (Wildman–Crippen LogP) is 4.57. The van der Waals surface area contributed by atoms with Crippen LogP contribution in [0.4, 0.5) is 0 Å². The highest BCUT2D eigenvalue weighted by atomic mass is 79.9. The summed E-state index contributed by atoms with van der Waals surface area (Å²) >= 11 is 3.47. The zero-order valence-corrected chi connectivity index (χ0v) is 20.0. The first kappa shape index (κ1) is 21.0. The van der Waals surface area contributed by atoms with E-state index in [0.29, 0.717) is 23.1 Å². The number of nitrogens with zero attached hydrogens (tertiary/aromatic N) is 1. The van der Waals surface area contributed by atoms with E-state index in [1.165, 1.54) is 42.8 Å². The highest BCUT2D eigenvalue weighted by Crippen LogP contribution is 2.61. The Morgan fingerprint density at radius 3 is 2.23 bits per heavy atom. The molecule has 4 bridgehead atoms. The van der Waals surface area contributed by atoms with Crippen molar-refractivity contribution in [1.82, 2.24) is 9.62 Å². The lowest BCUT2D eigenvalue weighted by Gasteiger charge is -2.59. The van der Waals surface area contributed by atoms with E-state index in [9.17, 15) is 13.2 Å². The highest BCUT2D eigenvalue weighted by molar-refractivity contribution is 9.10. The van der Waals surface area contributed by atoms with E-state index in [2.05, 4.69) is 28.2 Å². The van der Waals surface area contributed by atoms with Crippen LogP contribution in [0.5, 0.6) is 0 Å². The topological polar surface area (TPSA) is 66.5 Å². The average Bonchev–Trinajstić information content (AvgIpc) is 3.22. The Morgan fingerprint density at radius 2 is 1.67 bits per heavy atom. The van der Waals surface area contributed by atoms with E-state index in [1.54, 1.807) is 18.2 Å². The molecule has 5 nitrogen and oxygen atoms in total. The molecule has 1 aromatic carbocycles. The normalized spacial score (nSPS) is 34.3. The van der Waals surface area contributed by atoms with Crippen LogP contribution in [-0.2, 0) is 10.0 Å². The van der Waals surface area contributed by atoms with E-state index < -0.39 is 10.0 Å². The second kappa shape index (κ2) is 7.59. The summed E-state index contributed by atoms with van der Waals surface area (Å²) in [7, 11) is -3.54. The van der Waals surface area contributed by atoms with Gasteiger partial charge in [-0.3, -0.25) is 4.79 Å². The van der Waals surface area contributed by atoms with Crippen LogP contribution in [0, 0.1) is 23.2 Å². The largest absolute Gasteiger partial charge is 0.349 e. The molecule has 5 fully saturated rings. The molecule has 1 heterocycles. The number of rotatable bonds is 5. The van der Waals surface area contributed by atoms with Gasteiger partial charge in [0.1, 0.15) is 0 Å². The third-order valence-corrected chi connectivity index (χ3v) is 10.8. The number of carbonyl (C=O) groups excluding carboxylic acids is 1. The fraction of sp³-hybridized carbons (Fsp3) is 0.696. The van der Waals surface area contributed by atoms with Gasteiger partial charge in [0.25, 0.3) is 5.91 Å². The first-order valence-electron chi connectivity index (χ1n) is 11.4. The number of sulfonamides is 1. The molecule has 1 unspecified atom stereocenters. The number of hydrogen-bond donors (Lipinski definition) is 1. The van der Waals surface area contributed by atoms with Crippen molar-refractivity contribution >= 4 is 31.9 Å². The Kier molecular flexibility index (Phi) is 5.30. The number of halogens is 1. The molecular weight excluding hydrogens is 464 g/mol. The summed E-state index contributed by atoms with van der Waals surface area (Å²) in [5.74, 6) is 2.31. The quantitative estimate of drug-likeness (QED) is 0.651. The number of hydrogen-bond acceptors (Lipinski definition) is 3. The van der Waals surface area contributed by atoms with Gasteiger partial charge in [0.2, 0.25) is 10.0 Å². The maximum absolute atomic E-state index is 13.2. The summed E-state index contributed by atoms with van der Waals surface area (Å²) in [5.41, 5.74) is 0.627. The molecule has 4 aliphatic carbocycles. The van der Waals surface area contributed by atoms with Crippen molar-refractivity contribution in [2.75, 3.05) is 13.1 Å². The molecule has 0 aromatic heterocycles. The minimum Gasteiger partial charge on any atom is -0.349 e. The third kappa shape index (κ3) is 3.55. The second-order valence-corrected chi connectivity index (χ2v) is 13.0. The zero-order valence-electron chi connectivity index (χ0n) is 17.6. The van der Waals surface area contributed by atoms with Crippen molar-refractivity contribution in [3.63, 3.8) is 0 Å². The van der Waals surface area contributed by atoms with Crippen LogP contribution in [-0.4, -0.2) is 37.8 Å². The molecule has 7 heteroatoms. The number of benzene rings is 1.